The molecule has 0 spiro atoms. The van der Waals surface area contributed by atoms with E-state index in [0.29, 0.717) is 19.6 Å². The second-order valence-corrected chi connectivity index (χ2v) is 7.31. The largest absolute Gasteiger partial charge is 0.494 e. The van der Waals surface area contributed by atoms with Crippen LogP contribution in [0.1, 0.15) is 13.3 Å². The van der Waals surface area contributed by atoms with E-state index >= 15 is 0 Å². The molecule has 5 aromatic rings. The van der Waals surface area contributed by atoms with Crippen LogP contribution in [0, 0.1) is 0 Å². The summed E-state index contributed by atoms with van der Waals surface area (Å²) in [5.74, 6) is 0.737. The smallest absolute Gasteiger partial charge is 0.226 e. The number of carbonyl (C=O) groups excluding carboxylic acids is 1. The Balaban J connectivity index is 1.42. The molecule has 2 heterocycles. The van der Waals surface area contributed by atoms with Crippen LogP contribution in [-0.2, 0) is 11.3 Å². The van der Waals surface area contributed by atoms with Crippen molar-refractivity contribution in [2.75, 3.05) is 11.9 Å². The molecule has 3 aromatic carbocycles. The van der Waals surface area contributed by atoms with Gasteiger partial charge in [-0.1, -0.05) is 30.3 Å². The molecule has 0 aliphatic carbocycles. The van der Waals surface area contributed by atoms with Crippen LogP contribution in [0.3, 0.4) is 0 Å². The fourth-order valence-corrected chi connectivity index (χ4v) is 3.85. The monoisotopic (exact) mass is 410 g/mol. The van der Waals surface area contributed by atoms with Crippen LogP contribution < -0.4 is 10.1 Å². The number of benzene rings is 3. The van der Waals surface area contributed by atoms with Crippen LogP contribution in [0.15, 0.2) is 72.8 Å². The predicted octanol–water partition coefficient (Wildman–Crippen LogP) is 5.17. The molecule has 1 amide bonds. The number of hydrogen-bond acceptors (Lipinski definition) is 4. The average Bonchev–Trinajstić information content (AvgIpc) is 3.10. The number of fused-ring (bicyclic) bond motifs is 4. The van der Waals surface area contributed by atoms with Crippen LogP contribution in [0.2, 0.25) is 0 Å². The minimum atomic E-state index is -0.0520. The van der Waals surface area contributed by atoms with E-state index in [1.807, 2.05) is 73.7 Å². The standard InChI is InChI=1S/C25H22N4O2/c1-2-31-18-13-11-17(12-14-18)26-23(30)15-16-29-22-10-6-3-7-19(22)24-25(29)28-21-9-5-4-8-20(21)27-24/h3-14H,2,15-16H2,1H3,(H,26,30). The van der Waals surface area contributed by atoms with E-state index in [-0.39, 0.29) is 5.91 Å². The van der Waals surface area contributed by atoms with Gasteiger partial charge in [0.05, 0.1) is 23.2 Å². The minimum absolute atomic E-state index is 0.0520. The minimum Gasteiger partial charge on any atom is -0.494 e. The van der Waals surface area contributed by atoms with Crippen LogP contribution in [-0.4, -0.2) is 27.0 Å². The number of nitrogens with one attached hydrogen (secondary N) is 1. The second kappa shape index (κ2) is 8.07. The number of aromatic nitrogens is 3. The third kappa shape index (κ3) is 3.68. The number of nitrogens with zero attached hydrogens (tertiary/aromatic N) is 3. The van der Waals surface area contributed by atoms with Crippen molar-refractivity contribution < 1.29 is 9.53 Å². The lowest BCUT2D eigenvalue weighted by molar-refractivity contribution is -0.116. The lowest BCUT2D eigenvalue weighted by Gasteiger charge is -2.09. The Morgan fingerprint density at radius 3 is 2.42 bits per heavy atom. The molecule has 0 saturated heterocycles. The number of hydrogen-bond donors (Lipinski definition) is 1. The third-order valence-corrected chi connectivity index (χ3v) is 5.27. The Bertz CT molecular complexity index is 1390. The highest BCUT2D eigenvalue weighted by Gasteiger charge is 2.15. The predicted molar refractivity (Wildman–Crippen MR) is 123 cm³/mol. The Morgan fingerprint density at radius 1 is 0.935 bits per heavy atom. The van der Waals surface area contributed by atoms with Gasteiger partial charge in [0.2, 0.25) is 5.91 Å². The van der Waals surface area contributed by atoms with Crippen molar-refractivity contribution in [3.05, 3.63) is 72.8 Å². The molecule has 0 radical (unpaired) electrons. The second-order valence-electron chi connectivity index (χ2n) is 7.31. The zero-order valence-electron chi connectivity index (χ0n) is 17.2. The van der Waals surface area contributed by atoms with Crippen molar-refractivity contribution in [3.8, 4) is 5.75 Å². The summed E-state index contributed by atoms with van der Waals surface area (Å²) < 4.78 is 7.53. The SMILES string of the molecule is CCOc1ccc(NC(=O)CCn2c3ccccc3c3nc4ccccc4nc32)cc1. The van der Waals surface area contributed by atoms with Gasteiger partial charge in [-0.2, -0.15) is 0 Å². The molecule has 0 atom stereocenters. The lowest BCUT2D eigenvalue weighted by Crippen LogP contribution is -2.14. The van der Waals surface area contributed by atoms with Crippen LogP contribution in [0.25, 0.3) is 33.1 Å². The summed E-state index contributed by atoms with van der Waals surface area (Å²) in [6, 6.07) is 23.4. The van der Waals surface area contributed by atoms with Gasteiger partial charge in [0, 0.05) is 24.0 Å². The Labute approximate surface area is 179 Å². The number of ether oxygens (including phenoxy) is 1. The van der Waals surface area contributed by atoms with Gasteiger partial charge in [0.1, 0.15) is 11.3 Å². The maximum absolute atomic E-state index is 12.6. The van der Waals surface area contributed by atoms with Gasteiger partial charge < -0.3 is 14.6 Å². The molecule has 1 N–H and O–H groups in total. The molecule has 6 heteroatoms. The van der Waals surface area contributed by atoms with E-state index in [0.717, 1.165) is 44.5 Å². The highest BCUT2D eigenvalue weighted by molar-refractivity contribution is 6.06. The highest BCUT2D eigenvalue weighted by Crippen LogP contribution is 2.28. The number of aryl methyl sites for hydroxylation is 1. The van der Waals surface area contributed by atoms with Crippen molar-refractivity contribution in [3.63, 3.8) is 0 Å². The molecule has 31 heavy (non-hydrogen) atoms. The molecule has 2 aromatic heterocycles. The van der Waals surface area contributed by atoms with Gasteiger partial charge in [-0.15, -0.1) is 0 Å². The molecule has 0 bridgehead atoms. The maximum Gasteiger partial charge on any atom is 0.226 e. The number of rotatable bonds is 6. The summed E-state index contributed by atoms with van der Waals surface area (Å²) in [5, 5.41) is 4.00. The van der Waals surface area contributed by atoms with E-state index in [1.165, 1.54) is 0 Å². The van der Waals surface area contributed by atoms with E-state index in [2.05, 4.69) is 16.0 Å². The summed E-state index contributed by atoms with van der Waals surface area (Å²) >= 11 is 0. The number of anilines is 1. The van der Waals surface area contributed by atoms with Crippen LogP contribution in [0.4, 0.5) is 5.69 Å². The summed E-state index contributed by atoms with van der Waals surface area (Å²) in [5.41, 5.74) is 5.15. The van der Waals surface area contributed by atoms with Gasteiger partial charge in [-0.25, -0.2) is 9.97 Å². The van der Waals surface area contributed by atoms with Gasteiger partial charge in [0.25, 0.3) is 0 Å². The van der Waals surface area contributed by atoms with Crippen molar-refractivity contribution in [1.29, 1.82) is 0 Å². The number of amides is 1. The molecule has 0 unspecified atom stereocenters. The molecule has 0 aliphatic rings. The molecule has 6 nitrogen and oxygen atoms in total. The number of para-hydroxylation sites is 3. The van der Waals surface area contributed by atoms with Gasteiger partial charge >= 0.3 is 0 Å². The lowest BCUT2D eigenvalue weighted by atomic mass is 10.2. The highest BCUT2D eigenvalue weighted by atomic mass is 16.5. The van der Waals surface area contributed by atoms with E-state index in [1.54, 1.807) is 0 Å². The van der Waals surface area contributed by atoms with Crippen LogP contribution in [0.5, 0.6) is 5.75 Å². The molecule has 0 aliphatic heterocycles. The van der Waals surface area contributed by atoms with Gasteiger partial charge in [0.15, 0.2) is 5.65 Å². The molecule has 5 rings (SSSR count). The van der Waals surface area contributed by atoms with E-state index in [4.69, 9.17) is 14.7 Å². The van der Waals surface area contributed by atoms with E-state index < -0.39 is 0 Å². The van der Waals surface area contributed by atoms with Crippen molar-refractivity contribution in [1.82, 2.24) is 14.5 Å². The fourth-order valence-electron chi connectivity index (χ4n) is 3.85. The van der Waals surface area contributed by atoms with Gasteiger partial charge in [-0.3, -0.25) is 4.79 Å². The van der Waals surface area contributed by atoms with Crippen molar-refractivity contribution >= 4 is 44.7 Å². The Hall–Kier alpha value is -3.93. The van der Waals surface area contributed by atoms with Gasteiger partial charge in [-0.05, 0) is 49.4 Å². The Kier molecular flexibility index (Phi) is 4.96. The Morgan fingerprint density at radius 2 is 1.65 bits per heavy atom. The molecule has 0 fully saturated rings. The molecule has 0 saturated carbocycles. The fraction of sp³-hybridized carbons (Fsp3) is 0.160. The quantitative estimate of drug-likeness (QED) is 0.420. The third-order valence-electron chi connectivity index (χ3n) is 5.27. The summed E-state index contributed by atoms with van der Waals surface area (Å²) in [6.07, 6.45) is 0.329. The zero-order valence-corrected chi connectivity index (χ0v) is 17.2. The maximum atomic E-state index is 12.6. The first-order valence-electron chi connectivity index (χ1n) is 10.4. The number of carbonyl (C=O) groups is 1. The first-order chi connectivity index (χ1) is 15.2. The molecule has 154 valence electrons. The normalized spacial score (nSPS) is 11.3. The first-order valence-corrected chi connectivity index (χ1v) is 10.4. The molecular weight excluding hydrogens is 388 g/mol. The zero-order chi connectivity index (χ0) is 21.2. The topological polar surface area (TPSA) is 69.0 Å². The first kappa shape index (κ1) is 19.1. The molecular formula is C25H22N4O2. The summed E-state index contributed by atoms with van der Waals surface area (Å²) in [4.78, 5) is 22.3. The summed E-state index contributed by atoms with van der Waals surface area (Å²) in [7, 11) is 0. The van der Waals surface area contributed by atoms with E-state index in [9.17, 15) is 4.79 Å². The van der Waals surface area contributed by atoms with Crippen molar-refractivity contribution in [2.24, 2.45) is 0 Å². The van der Waals surface area contributed by atoms with Crippen LogP contribution >= 0.6 is 0 Å². The summed E-state index contributed by atoms with van der Waals surface area (Å²) in [6.45, 7) is 3.07. The van der Waals surface area contributed by atoms with Crippen molar-refractivity contribution in [2.45, 2.75) is 19.9 Å². The average molecular weight is 410 g/mol.